The Hall–Kier alpha value is -3.19. The summed E-state index contributed by atoms with van der Waals surface area (Å²) in [6.07, 6.45) is 8.52. The molecule has 0 radical (unpaired) electrons. The SMILES string of the molecule is O=C(NCCCC[P+](c1ccnnn1)(c1ccnnn1)c1ccnnn1)c1ccc([123I])nc1. The van der Waals surface area contributed by atoms with Gasteiger partial charge >= 0.3 is 0 Å². The zero-order chi connectivity index (χ0) is 22.9. The molecule has 4 aromatic rings. The summed E-state index contributed by atoms with van der Waals surface area (Å²) in [6, 6.07) is 9.01. The Kier molecular flexibility index (Phi) is 7.73. The number of unbranched alkanes of at least 4 members (excludes halogenated alkanes) is 1. The largest absolute Gasteiger partial charge is 0.352 e. The van der Waals surface area contributed by atoms with Gasteiger partial charge in [-0.1, -0.05) is 15.3 Å². The third-order valence-corrected chi connectivity index (χ3v) is 9.52. The Labute approximate surface area is 202 Å². The van der Waals surface area contributed by atoms with Crippen molar-refractivity contribution in [3.8, 4) is 0 Å². The van der Waals surface area contributed by atoms with Crippen LogP contribution in [0.1, 0.15) is 23.2 Å². The van der Waals surface area contributed by atoms with E-state index in [2.05, 4.69) is 79.1 Å². The first-order valence-electron chi connectivity index (χ1n) is 9.93. The third-order valence-electron chi connectivity index (χ3n) is 4.84. The number of nitrogens with one attached hydrogen (secondary N) is 1. The summed E-state index contributed by atoms with van der Waals surface area (Å²) in [6.45, 7) is 0.511. The summed E-state index contributed by atoms with van der Waals surface area (Å²) < 4.78 is 0.835. The van der Waals surface area contributed by atoms with Gasteiger partial charge in [-0.3, -0.25) is 4.79 Å². The molecule has 0 unspecified atom stereocenters. The highest BCUT2D eigenvalue weighted by Crippen LogP contribution is 2.53. The Balaban J connectivity index is 1.53. The van der Waals surface area contributed by atoms with E-state index in [1.807, 2.05) is 18.2 Å². The normalized spacial score (nSPS) is 11.2. The second-order valence-corrected chi connectivity index (χ2v) is 11.3. The van der Waals surface area contributed by atoms with E-state index in [9.17, 15) is 4.79 Å². The fraction of sp³-hybridized carbons (Fsp3) is 0.211. The van der Waals surface area contributed by atoms with Crippen molar-refractivity contribution < 1.29 is 4.79 Å². The number of halogens is 1. The van der Waals surface area contributed by atoms with E-state index in [-0.39, 0.29) is 5.91 Å². The lowest BCUT2D eigenvalue weighted by molar-refractivity contribution is 0.0953. The molecule has 0 aromatic carbocycles. The highest BCUT2D eigenvalue weighted by Gasteiger charge is 2.50. The van der Waals surface area contributed by atoms with Gasteiger partial charge in [-0.15, -0.1) is 15.3 Å². The molecule has 1 amide bonds. The van der Waals surface area contributed by atoms with Gasteiger partial charge in [0.1, 0.15) is 3.70 Å². The molecule has 4 rings (SSSR count). The zero-order valence-corrected chi connectivity index (χ0v) is 20.3. The highest BCUT2D eigenvalue weighted by atomic mass is 123. The third kappa shape index (κ3) is 5.42. The Bertz CT molecular complexity index is 1070. The van der Waals surface area contributed by atoms with Crippen molar-refractivity contribution in [1.29, 1.82) is 0 Å². The summed E-state index contributed by atoms with van der Waals surface area (Å²) in [5.41, 5.74) is 2.68. The van der Waals surface area contributed by atoms with Crippen molar-refractivity contribution in [3.63, 3.8) is 0 Å². The Morgan fingerprint density at radius 3 is 1.85 bits per heavy atom. The van der Waals surface area contributed by atoms with Crippen molar-refractivity contribution >= 4 is 52.1 Å². The number of rotatable bonds is 9. The second-order valence-electron chi connectivity index (χ2n) is 6.80. The van der Waals surface area contributed by atoms with Gasteiger partial charge in [0.15, 0.2) is 7.26 Å². The lowest BCUT2D eigenvalue weighted by atomic mass is 10.2. The Morgan fingerprint density at radius 1 is 0.818 bits per heavy atom. The van der Waals surface area contributed by atoms with Crippen LogP contribution in [0, 0.1) is 3.70 Å². The van der Waals surface area contributed by atoms with Gasteiger partial charge in [0.05, 0.1) is 30.3 Å². The molecule has 0 aliphatic carbocycles. The maximum absolute atomic E-state index is 12.4. The lowest BCUT2D eigenvalue weighted by Gasteiger charge is -2.22. The first kappa shape index (κ1) is 23.0. The number of nitrogens with zero attached hydrogens (tertiary/aromatic N) is 10. The van der Waals surface area contributed by atoms with Crippen molar-refractivity contribution in [2.24, 2.45) is 0 Å². The molecule has 14 heteroatoms. The van der Waals surface area contributed by atoms with Crippen LogP contribution in [0.25, 0.3) is 0 Å². The van der Waals surface area contributed by atoms with Crippen LogP contribution in [0.2, 0.25) is 0 Å². The van der Waals surface area contributed by atoms with Crippen molar-refractivity contribution in [2.45, 2.75) is 12.8 Å². The average molecular weight is 570 g/mol. The molecule has 0 spiro atoms. The number of hydrogen-bond donors (Lipinski definition) is 1. The van der Waals surface area contributed by atoms with E-state index in [0.29, 0.717) is 34.6 Å². The molecule has 4 heterocycles. The number of pyridine rings is 1. The number of carbonyl (C=O) groups is 1. The van der Waals surface area contributed by atoms with E-state index in [1.165, 1.54) is 0 Å². The molecule has 0 aliphatic heterocycles. The Morgan fingerprint density at radius 2 is 1.39 bits per heavy atom. The lowest BCUT2D eigenvalue weighted by Crippen LogP contribution is -2.39. The molecule has 1 N–H and O–H groups in total. The molecule has 4 aromatic heterocycles. The molecule has 0 atom stereocenters. The minimum Gasteiger partial charge on any atom is -0.352 e. The maximum Gasteiger partial charge on any atom is 0.252 e. The van der Waals surface area contributed by atoms with Crippen LogP contribution in [0.15, 0.2) is 55.1 Å². The first-order valence-corrected chi connectivity index (χ1v) is 13.0. The molecule has 12 nitrogen and oxygen atoms in total. The number of hydrogen-bond acceptors (Lipinski definition) is 11. The van der Waals surface area contributed by atoms with Gasteiger partial charge in [-0.2, -0.15) is 0 Å². The molecular formula is C19H18IN11OP+. The standard InChI is InChI=1S/C19H17IN11OP/c20-15-4-3-14(13-22-15)19(32)21-8-1-2-12-33(16-5-9-23-29-26-16,17-6-10-24-30-27-17)18-7-11-25-31-28-18/h3-7,9-11,13H,1-2,8,12H2/p+1/i20-4. The highest BCUT2D eigenvalue weighted by molar-refractivity contribution is 14.1. The van der Waals surface area contributed by atoms with Gasteiger partial charge in [0.2, 0.25) is 16.3 Å². The smallest absolute Gasteiger partial charge is 0.252 e. The quantitative estimate of drug-likeness (QED) is 0.122. The van der Waals surface area contributed by atoms with E-state index < -0.39 is 7.26 Å². The zero-order valence-electron chi connectivity index (χ0n) is 17.2. The van der Waals surface area contributed by atoms with Crippen molar-refractivity contribution in [3.05, 3.63) is 64.4 Å². The average Bonchev–Trinajstić information content (AvgIpc) is 2.88. The van der Waals surface area contributed by atoms with Gasteiger partial charge in [0.25, 0.3) is 5.91 Å². The number of aromatic nitrogens is 10. The van der Waals surface area contributed by atoms with Gasteiger partial charge in [-0.05, 0) is 63.2 Å². The monoisotopic (exact) mass is 570 g/mol. The minimum absolute atomic E-state index is 0.153. The number of amides is 1. The second kappa shape index (κ2) is 11.1. The van der Waals surface area contributed by atoms with Gasteiger partial charge in [-0.25, -0.2) is 4.98 Å². The molecule has 0 aliphatic rings. The summed E-state index contributed by atoms with van der Waals surface area (Å²) >= 11 is 2.10. The van der Waals surface area contributed by atoms with Crippen LogP contribution >= 0.6 is 29.9 Å². The molecule has 0 saturated heterocycles. The van der Waals surface area contributed by atoms with Crippen LogP contribution in [-0.2, 0) is 0 Å². The van der Waals surface area contributed by atoms with E-state index >= 15 is 0 Å². The van der Waals surface area contributed by atoms with Crippen LogP contribution in [-0.4, -0.2) is 69.8 Å². The molecule has 0 fully saturated rings. The first-order chi connectivity index (χ1) is 16.2. The molecular weight excluding hydrogens is 552 g/mol. The van der Waals surface area contributed by atoms with Gasteiger partial charge in [0, 0.05) is 30.9 Å². The summed E-state index contributed by atoms with van der Waals surface area (Å²) in [4.78, 5) is 16.5. The van der Waals surface area contributed by atoms with Crippen LogP contribution < -0.4 is 21.6 Å². The van der Waals surface area contributed by atoms with E-state index in [1.54, 1.807) is 36.9 Å². The molecule has 166 valence electrons. The fourth-order valence-corrected chi connectivity index (χ4v) is 7.25. The molecule has 33 heavy (non-hydrogen) atoms. The van der Waals surface area contributed by atoms with Crippen LogP contribution in [0.3, 0.4) is 0 Å². The van der Waals surface area contributed by atoms with Crippen molar-refractivity contribution in [2.75, 3.05) is 12.7 Å². The van der Waals surface area contributed by atoms with Crippen LogP contribution in [0.4, 0.5) is 0 Å². The van der Waals surface area contributed by atoms with Gasteiger partial charge < -0.3 is 5.32 Å². The fourth-order valence-electron chi connectivity index (χ4n) is 3.30. The summed E-state index contributed by atoms with van der Waals surface area (Å²) in [5, 5.41) is 38.9. The maximum atomic E-state index is 12.4. The predicted octanol–water partition coefficient (Wildman–Crippen LogP) is -0.255. The van der Waals surface area contributed by atoms with Crippen LogP contribution in [0.5, 0.6) is 0 Å². The minimum atomic E-state index is -2.45. The molecule has 0 saturated carbocycles. The number of carbonyl (C=O) groups excluding carboxylic acids is 1. The summed E-state index contributed by atoms with van der Waals surface area (Å²) in [7, 11) is -2.45. The van der Waals surface area contributed by atoms with E-state index in [0.717, 1.165) is 16.5 Å². The molecule has 0 bridgehead atoms. The predicted molar refractivity (Wildman–Crippen MR) is 129 cm³/mol. The summed E-state index contributed by atoms with van der Waals surface area (Å²) in [5.74, 6) is -0.153. The van der Waals surface area contributed by atoms with E-state index in [4.69, 9.17) is 0 Å². The van der Waals surface area contributed by atoms with Crippen molar-refractivity contribution in [1.82, 2.24) is 56.5 Å². The topological polar surface area (TPSA) is 158 Å².